The molecule has 0 aromatic heterocycles. The molecule has 0 radical (unpaired) electrons. The summed E-state index contributed by atoms with van der Waals surface area (Å²) in [6, 6.07) is 0. The molecule has 0 aromatic carbocycles. The summed E-state index contributed by atoms with van der Waals surface area (Å²) in [6.07, 6.45) is 7.77. The number of hydrogen-bond donors (Lipinski definition) is 1. The first-order valence-corrected chi connectivity index (χ1v) is 5.37. The van der Waals surface area contributed by atoms with E-state index in [1.54, 1.807) is 6.92 Å². The lowest BCUT2D eigenvalue weighted by atomic mass is 9.51. The monoisotopic (exact) mass is 196 g/mol. The molecule has 1 saturated carbocycles. The summed E-state index contributed by atoms with van der Waals surface area (Å²) in [7, 11) is 0. The molecule has 0 amide bonds. The minimum atomic E-state index is -0.745. The van der Waals surface area contributed by atoms with Crippen molar-refractivity contribution in [1.29, 1.82) is 0 Å². The summed E-state index contributed by atoms with van der Waals surface area (Å²) in [5, 5.41) is 7.72. The van der Waals surface area contributed by atoms with Gasteiger partial charge in [0.25, 0.3) is 0 Å². The zero-order valence-corrected chi connectivity index (χ0v) is 9.29. The van der Waals surface area contributed by atoms with Gasteiger partial charge in [-0.05, 0) is 30.1 Å². The van der Waals surface area contributed by atoms with Gasteiger partial charge in [-0.15, -0.1) is 0 Å². The highest BCUT2D eigenvalue weighted by Gasteiger charge is 2.47. The van der Waals surface area contributed by atoms with Gasteiger partial charge in [0.2, 0.25) is 0 Å². The zero-order chi connectivity index (χ0) is 10.8. The van der Waals surface area contributed by atoms with Crippen LogP contribution in [0.2, 0.25) is 0 Å². The lowest BCUT2D eigenvalue weighted by molar-refractivity contribution is -0.136. The van der Waals surface area contributed by atoms with E-state index < -0.39 is 5.97 Å². The van der Waals surface area contributed by atoms with E-state index >= 15 is 0 Å². The fraction of sp³-hybridized carbons (Fsp3) is 0.750. The molecule has 0 saturated heterocycles. The Bertz CT molecular complexity index is 241. The Labute approximate surface area is 86.0 Å². The number of rotatable bonds is 1. The molecular formula is C12H20O2. The molecule has 0 aliphatic heterocycles. The summed E-state index contributed by atoms with van der Waals surface area (Å²) < 4.78 is 0. The molecule has 1 N–H and O–H groups in total. The molecule has 3 aliphatic carbocycles. The van der Waals surface area contributed by atoms with E-state index in [-0.39, 0.29) is 6.42 Å². The Balaban J connectivity index is 0.000000171. The van der Waals surface area contributed by atoms with Gasteiger partial charge in [-0.3, -0.25) is 4.79 Å². The number of carbonyl (C=O) groups is 1. The fourth-order valence-electron chi connectivity index (χ4n) is 2.19. The number of fused-ring (bicyclic) bond motifs is 1. The third-order valence-electron chi connectivity index (χ3n) is 3.64. The molecule has 0 heterocycles. The Kier molecular flexibility index (Phi) is 3.35. The van der Waals surface area contributed by atoms with E-state index in [1.807, 2.05) is 0 Å². The normalized spacial score (nSPS) is 31.1. The van der Waals surface area contributed by atoms with Crippen LogP contribution in [0.4, 0.5) is 0 Å². The molecule has 80 valence electrons. The minimum absolute atomic E-state index is 0.222. The number of aliphatic carboxylic acids is 1. The lowest BCUT2D eigenvalue weighted by Crippen LogP contribution is -2.45. The number of carboxylic acid groups (broad SMARTS) is 1. The molecule has 1 fully saturated rings. The Morgan fingerprint density at radius 2 is 2.14 bits per heavy atom. The summed E-state index contributed by atoms with van der Waals surface area (Å²) in [4.78, 5) is 9.37. The van der Waals surface area contributed by atoms with Crippen molar-refractivity contribution < 1.29 is 9.90 Å². The van der Waals surface area contributed by atoms with Crippen LogP contribution in [-0.4, -0.2) is 11.1 Å². The third-order valence-corrected chi connectivity index (χ3v) is 3.64. The van der Waals surface area contributed by atoms with Gasteiger partial charge >= 0.3 is 5.97 Å². The van der Waals surface area contributed by atoms with Crippen LogP contribution in [0.1, 0.15) is 40.0 Å². The molecule has 0 spiro atoms. The molecule has 2 bridgehead atoms. The third kappa shape index (κ3) is 2.17. The molecule has 2 unspecified atom stereocenters. The number of carboxylic acids is 1. The Hall–Kier alpha value is -0.790. The van der Waals surface area contributed by atoms with Crippen molar-refractivity contribution in [3.05, 3.63) is 12.2 Å². The quantitative estimate of drug-likeness (QED) is 0.654. The second-order valence-electron chi connectivity index (χ2n) is 4.77. The first-order chi connectivity index (χ1) is 6.48. The van der Waals surface area contributed by atoms with Crippen LogP contribution < -0.4 is 0 Å². The van der Waals surface area contributed by atoms with Gasteiger partial charge in [0.1, 0.15) is 0 Å². The second-order valence-corrected chi connectivity index (χ2v) is 4.77. The Morgan fingerprint density at radius 1 is 1.57 bits per heavy atom. The Morgan fingerprint density at radius 3 is 2.29 bits per heavy atom. The summed E-state index contributed by atoms with van der Waals surface area (Å²) in [5.74, 6) is 1.17. The first kappa shape index (κ1) is 11.3. The SMILES string of the molecule is CC1(C)C2C=CCC1C2.CCC(=O)O. The van der Waals surface area contributed by atoms with Crippen molar-refractivity contribution in [2.45, 2.75) is 40.0 Å². The minimum Gasteiger partial charge on any atom is -0.481 e. The van der Waals surface area contributed by atoms with Crippen LogP contribution in [0.5, 0.6) is 0 Å². The van der Waals surface area contributed by atoms with Gasteiger partial charge < -0.3 is 5.11 Å². The summed E-state index contributed by atoms with van der Waals surface area (Å²) in [6.45, 7) is 6.40. The van der Waals surface area contributed by atoms with Crippen molar-refractivity contribution in [1.82, 2.24) is 0 Å². The highest BCUT2D eigenvalue weighted by atomic mass is 16.4. The van der Waals surface area contributed by atoms with Crippen molar-refractivity contribution in [2.75, 3.05) is 0 Å². The van der Waals surface area contributed by atoms with Crippen LogP contribution in [0.25, 0.3) is 0 Å². The average molecular weight is 196 g/mol. The molecular weight excluding hydrogens is 176 g/mol. The van der Waals surface area contributed by atoms with Gasteiger partial charge in [0.05, 0.1) is 0 Å². The second kappa shape index (κ2) is 4.16. The topological polar surface area (TPSA) is 37.3 Å². The molecule has 14 heavy (non-hydrogen) atoms. The largest absolute Gasteiger partial charge is 0.481 e. The highest BCUT2D eigenvalue weighted by Crippen LogP contribution is 2.56. The van der Waals surface area contributed by atoms with Gasteiger partial charge in [-0.1, -0.05) is 32.9 Å². The van der Waals surface area contributed by atoms with Gasteiger partial charge in [0, 0.05) is 6.42 Å². The maximum absolute atomic E-state index is 9.37. The number of hydrogen-bond acceptors (Lipinski definition) is 1. The van der Waals surface area contributed by atoms with Crippen LogP contribution in [0, 0.1) is 17.3 Å². The molecule has 3 aliphatic rings. The molecule has 2 heteroatoms. The first-order valence-electron chi connectivity index (χ1n) is 5.37. The van der Waals surface area contributed by atoms with Crippen molar-refractivity contribution in [3.63, 3.8) is 0 Å². The predicted octanol–water partition coefficient (Wildman–Crippen LogP) is 3.09. The van der Waals surface area contributed by atoms with E-state index in [1.165, 1.54) is 12.8 Å². The molecule has 3 rings (SSSR count). The van der Waals surface area contributed by atoms with Crippen molar-refractivity contribution >= 4 is 5.97 Å². The maximum atomic E-state index is 9.37. The predicted molar refractivity (Wildman–Crippen MR) is 57.1 cm³/mol. The standard InChI is InChI=1S/C9H14.C3H6O2/c1-9(2)7-4-3-5-8(9)6-7;1-2-3(4)5/h3-4,7-8H,5-6H2,1-2H3;2H2,1H3,(H,4,5). The smallest absolute Gasteiger partial charge is 0.303 e. The zero-order valence-electron chi connectivity index (χ0n) is 9.29. The molecule has 2 atom stereocenters. The number of allylic oxidation sites excluding steroid dienone is 2. The van der Waals surface area contributed by atoms with Crippen LogP contribution in [0.3, 0.4) is 0 Å². The van der Waals surface area contributed by atoms with Gasteiger partial charge in [0.15, 0.2) is 0 Å². The summed E-state index contributed by atoms with van der Waals surface area (Å²) in [5.41, 5.74) is 0.648. The van der Waals surface area contributed by atoms with Crippen LogP contribution in [-0.2, 0) is 4.79 Å². The molecule has 2 nitrogen and oxygen atoms in total. The van der Waals surface area contributed by atoms with E-state index in [0.717, 1.165) is 11.8 Å². The van der Waals surface area contributed by atoms with Crippen LogP contribution in [0.15, 0.2) is 12.2 Å². The van der Waals surface area contributed by atoms with Crippen LogP contribution >= 0.6 is 0 Å². The van der Waals surface area contributed by atoms with E-state index in [9.17, 15) is 4.79 Å². The van der Waals surface area contributed by atoms with Crippen molar-refractivity contribution in [3.8, 4) is 0 Å². The van der Waals surface area contributed by atoms with E-state index in [4.69, 9.17) is 5.11 Å². The van der Waals surface area contributed by atoms with E-state index in [0.29, 0.717) is 5.41 Å². The van der Waals surface area contributed by atoms with Gasteiger partial charge in [-0.25, -0.2) is 0 Å². The average Bonchev–Trinajstić information content (AvgIpc) is 2.19. The maximum Gasteiger partial charge on any atom is 0.303 e. The lowest BCUT2D eigenvalue weighted by Gasteiger charge is -2.53. The molecule has 0 aromatic rings. The van der Waals surface area contributed by atoms with E-state index in [2.05, 4.69) is 26.0 Å². The fourth-order valence-corrected chi connectivity index (χ4v) is 2.19. The van der Waals surface area contributed by atoms with Gasteiger partial charge in [-0.2, -0.15) is 0 Å². The summed E-state index contributed by atoms with van der Waals surface area (Å²) >= 11 is 0. The van der Waals surface area contributed by atoms with Crippen molar-refractivity contribution in [2.24, 2.45) is 17.3 Å². The highest BCUT2D eigenvalue weighted by molar-refractivity contribution is 5.66.